The van der Waals surface area contributed by atoms with Gasteiger partial charge in [0.25, 0.3) is 10.0 Å². The molecule has 4 nitrogen and oxygen atoms in total. The highest BCUT2D eigenvalue weighted by Gasteiger charge is 2.21. The molecule has 0 unspecified atom stereocenters. The van der Waals surface area contributed by atoms with Crippen LogP contribution in [0.5, 0.6) is 0 Å². The molecule has 3 N–H and O–H groups in total. The first-order valence-corrected chi connectivity index (χ1v) is 7.50. The first-order valence-electron chi connectivity index (χ1n) is 4.83. The van der Waals surface area contributed by atoms with Crippen molar-refractivity contribution < 1.29 is 17.2 Å². The number of thiophene rings is 1. The molecule has 0 saturated carbocycles. The maximum absolute atomic E-state index is 13.5. The van der Waals surface area contributed by atoms with Gasteiger partial charge in [0.05, 0.1) is 10.0 Å². The molecule has 9 heteroatoms. The molecule has 0 saturated heterocycles. The van der Waals surface area contributed by atoms with Crippen molar-refractivity contribution in [3.63, 3.8) is 0 Å². The minimum Gasteiger partial charge on any atom is -0.397 e. The van der Waals surface area contributed by atoms with Crippen LogP contribution in [0.3, 0.4) is 0 Å². The largest absolute Gasteiger partial charge is 0.397 e. The molecule has 0 bridgehead atoms. The first-order chi connectivity index (χ1) is 8.81. The van der Waals surface area contributed by atoms with Crippen molar-refractivity contribution in [2.75, 3.05) is 10.5 Å². The summed E-state index contributed by atoms with van der Waals surface area (Å²) in [7, 11) is -4.06. The average molecular weight is 325 g/mol. The Labute approximate surface area is 116 Å². The van der Waals surface area contributed by atoms with E-state index in [4.69, 9.17) is 17.3 Å². The van der Waals surface area contributed by atoms with E-state index in [1.54, 1.807) is 0 Å². The normalized spacial score (nSPS) is 11.5. The van der Waals surface area contributed by atoms with Crippen LogP contribution in [-0.4, -0.2) is 8.42 Å². The third-order valence-corrected chi connectivity index (χ3v) is 5.25. The van der Waals surface area contributed by atoms with Crippen LogP contribution in [0.1, 0.15) is 0 Å². The second-order valence-electron chi connectivity index (χ2n) is 3.49. The van der Waals surface area contributed by atoms with E-state index in [9.17, 15) is 17.2 Å². The number of rotatable bonds is 3. The molecule has 1 aromatic heterocycles. The van der Waals surface area contributed by atoms with E-state index in [0.717, 1.165) is 23.5 Å². The van der Waals surface area contributed by atoms with Crippen LogP contribution < -0.4 is 10.5 Å². The smallest absolute Gasteiger partial charge is 0.271 e. The van der Waals surface area contributed by atoms with Gasteiger partial charge in [-0.25, -0.2) is 17.2 Å². The molecule has 0 amide bonds. The van der Waals surface area contributed by atoms with Crippen LogP contribution in [-0.2, 0) is 10.0 Å². The van der Waals surface area contributed by atoms with Crippen molar-refractivity contribution in [1.82, 2.24) is 0 Å². The molecule has 1 heterocycles. The predicted molar refractivity (Wildman–Crippen MR) is 70.9 cm³/mol. The van der Waals surface area contributed by atoms with E-state index in [1.807, 2.05) is 4.72 Å². The number of anilines is 2. The first kappa shape index (κ1) is 14.0. The highest BCUT2D eigenvalue weighted by Crippen LogP contribution is 2.30. The van der Waals surface area contributed by atoms with Gasteiger partial charge < -0.3 is 5.73 Å². The Morgan fingerprint density at radius 2 is 1.89 bits per heavy atom. The lowest BCUT2D eigenvalue weighted by atomic mass is 10.2. The van der Waals surface area contributed by atoms with Crippen molar-refractivity contribution in [2.45, 2.75) is 4.21 Å². The van der Waals surface area contributed by atoms with Gasteiger partial charge in [-0.2, -0.15) is 0 Å². The van der Waals surface area contributed by atoms with Crippen LogP contribution in [0.25, 0.3) is 0 Å². The summed E-state index contributed by atoms with van der Waals surface area (Å²) in [6.07, 6.45) is 0. The lowest BCUT2D eigenvalue weighted by Gasteiger charge is -2.10. The minimum atomic E-state index is -4.06. The Kier molecular flexibility index (Phi) is 3.66. The highest BCUT2D eigenvalue weighted by molar-refractivity contribution is 7.94. The summed E-state index contributed by atoms with van der Waals surface area (Å²) in [5.41, 5.74) is 4.59. The van der Waals surface area contributed by atoms with Crippen LogP contribution in [0.2, 0.25) is 4.34 Å². The van der Waals surface area contributed by atoms with Gasteiger partial charge in [0.2, 0.25) is 0 Å². The standard InChI is InChI=1S/C10H7ClF2N2O2S2/c11-7-3-4-8(18-7)19(16,17)15-10-6(14)2-1-5(12)9(10)13/h1-4,15H,14H2. The maximum Gasteiger partial charge on any atom is 0.271 e. The molecule has 0 aliphatic heterocycles. The maximum atomic E-state index is 13.5. The molecule has 0 aliphatic carbocycles. The number of hydrogen-bond donors (Lipinski definition) is 2. The van der Waals surface area contributed by atoms with E-state index in [-0.39, 0.29) is 14.2 Å². The molecular formula is C10H7ClF2N2O2S2. The van der Waals surface area contributed by atoms with Gasteiger partial charge >= 0.3 is 0 Å². The summed E-state index contributed by atoms with van der Waals surface area (Å²) >= 11 is 6.41. The van der Waals surface area contributed by atoms with Crippen molar-refractivity contribution in [2.24, 2.45) is 0 Å². The lowest BCUT2D eigenvalue weighted by Crippen LogP contribution is -2.14. The zero-order valence-electron chi connectivity index (χ0n) is 9.15. The monoisotopic (exact) mass is 324 g/mol. The Morgan fingerprint density at radius 1 is 1.21 bits per heavy atom. The van der Waals surface area contributed by atoms with Gasteiger partial charge in [0.15, 0.2) is 11.6 Å². The molecule has 2 rings (SSSR count). The van der Waals surface area contributed by atoms with Crippen LogP contribution in [0.4, 0.5) is 20.2 Å². The van der Waals surface area contributed by atoms with E-state index in [1.165, 1.54) is 12.1 Å². The van der Waals surface area contributed by atoms with E-state index in [2.05, 4.69) is 0 Å². The predicted octanol–water partition coefficient (Wildman–Crippen LogP) is 3.06. The number of nitrogens with one attached hydrogen (secondary N) is 1. The second kappa shape index (κ2) is 4.95. The Hall–Kier alpha value is -1.38. The summed E-state index contributed by atoms with van der Waals surface area (Å²) in [5, 5.41) is 0. The van der Waals surface area contributed by atoms with Crippen LogP contribution >= 0.6 is 22.9 Å². The average Bonchev–Trinajstić information content (AvgIpc) is 2.77. The molecule has 102 valence electrons. The number of nitrogens with two attached hydrogens (primary N) is 1. The van der Waals surface area contributed by atoms with Gasteiger partial charge in [-0.1, -0.05) is 11.6 Å². The molecule has 0 aliphatic rings. The minimum absolute atomic E-state index is 0.124. The highest BCUT2D eigenvalue weighted by atomic mass is 35.5. The molecule has 0 spiro atoms. The summed E-state index contributed by atoms with van der Waals surface area (Å²) in [5.74, 6) is -2.55. The number of sulfonamides is 1. The number of halogens is 3. The second-order valence-corrected chi connectivity index (χ2v) is 7.11. The van der Waals surface area contributed by atoms with Gasteiger partial charge in [-0.3, -0.25) is 4.72 Å². The fraction of sp³-hybridized carbons (Fsp3) is 0. The third kappa shape index (κ3) is 2.80. The third-order valence-electron chi connectivity index (χ3n) is 2.18. The van der Waals surface area contributed by atoms with Gasteiger partial charge in [0.1, 0.15) is 9.90 Å². The molecule has 0 radical (unpaired) electrons. The van der Waals surface area contributed by atoms with Crippen molar-refractivity contribution in [1.29, 1.82) is 0 Å². The van der Waals surface area contributed by atoms with Crippen molar-refractivity contribution in [3.8, 4) is 0 Å². The summed E-state index contributed by atoms with van der Waals surface area (Å²) in [6, 6.07) is 4.51. The zero-order valence-corrected chi connectivity index (χ0v) is 11.5. The molecule has 2 aromatic rings. The number of benzene rings is 1. The molecule has 0 fully saturated rings. The van der Waals surface area contributed by atoms with Crippen LogP contribution in [0, 0.1) is 11.6 Å². The zero-order chi connectivity index (χ0) is 14.2. The molecular weight excluding hydrogens is 318 g/mol. The summed E-state index contributed by atoms with van der Waals surface area (Å²) in [4.78, 5) is 0. The van der Waals surface area contributed by atoms with Gasteiger partial charge in [-0.05, 0) is 24.3 Å². The van der Waals surface area contributed by atoms with Crippen molar-refractivity contribution >= 4 is 44.3 Å². The summed E-state index contributed by atoms with van der Waals surface area (Å²) in [6.45, 7) is 0. The molecule has 19 heavy (non-hydrogen) atoms. The van der Waals surface area contributed by atoms with Crippen molar-refractivity contribution in [3.05, 3.63) is 40.2 Å². The SMILES string of the molecule is Nc1ccc(F)c(F)c1NS(=O)(=O)c1ccc(Cl)s1. The lowest BCUT2D eigenvalue weighted by molar-refractivity contribution is 0.512. The van der Waals surface area contributed by atoms with E-state index in [0.29, 0.717) is 0 Å². The number of hydrogen-bond acceptors (Lipinski definition) is 4. The topological polar surface area (TPSA) is 72.2 Å². The fourth-order valence-electron chi connectivity index (χ4n) is 1.30. The van der Waals surface area contributed by atoms with Gasteiger partial charge in [-0.15, -0.1) is 11.3 Å². The molecule has 0 atom stereocenters. The fourth-order valence-corrected chi connectivity index (χ4v) is 3.87. The summed E-state index contributed by atoms with van der Waals surface area (Å²) < 4.78 is 52.5. The molecule has 1 aromatic carbocycles. The quantitative estimate of drug-likeness (QED) is 0.852. The Morgan fingerprint density at radius 3 is 2.47 bits per heavy atom. The van der Waals surface area contributed by atoms with Gasteiger partial charge in [0, 0.05) is 0 Å². The number of nitrogen functional groups attached to an aromatic ring is 1. The van der Waals surface area contributed by atoms with Crippen LogP contribution in [0.15, 0.2) is 28.5 Å². The Bertz CT molecular complexity index is 731. The van der Waals surface area contributed by atoms with E-state index >= 15 is 0 Å². The Balaban J connectivity index is 2.44. The van der Waals surface area contributed by atoms with E-state index < -0.39 is 27.3 Å².